The Hall–Kier alpha value is -3.95. The maximum Gasteiger partial charge on any atom is 0.247 e. The third-order valence-corrected chi connectivity index (χ3v) is 5.97. The van der Waals surface area contributed by atoms with Gasteiger partial charge in [0.25, 0.3) is 0 Å². The van der Waals surface area contributed by atoms with E-state index in [4.69, 9.17) is 9.97 Å². The Morgan fingerprint density at radius 1 is 1.16 bits per heavy atom. The van der Waals surface area contributed by atoms with Crippen LogP contribution < -0.4 is 15.5 Å². The second-order valence-corrected chi connectivity index (χ2v) is 8.27. The van der Waals surface area contributed by atoms with E-state index in [9.17, 15) is 4.79 Å². The standard InChI is InChI=1S/C22H23N9O/c32-20(24-15-4-1-9-23-13-15)17-5-2-10-30(17)22-26-19-6-3-11-31(19)21(27-22)25-18-12-16(28-29-18)14-7-8-14/h1,3-4,6,9,11-14,17H,2,5,7-8,10H2,(H,24,32)(H2,25,26,27,28,29). The van der Waals surface area contributed by atoms with Crippen molar-refractivity contribution < 1.29 is 4.79 Å². The molecule has 1 aliphatic carbocycles. The molecule has 10 nitrogen and oxygen atoms in total. The fourth-order valence-corrected chi connectivity index (χ4v) is 4.19. The molecule has 0 spiro atoms. The van der Waals surface area contributed by atoms with E-state index in [1.807, 2.05) is 39.8 Å². The molecule has 32 heavy (non-hydrogen) atoms. The van der Waals surface area contributed by atoms with Gasteiger partial charge < -0.3 is 15.5 Å². The average molecular weight is 429 g/mol. The van der Waals surface area contributed by atoms with Crippen molar-refractivity contribution in [2.75, 3.05) is 22.1 Å². The molecule has 4 aromatic heterocycles. The highest BCUT2D eigenvalue weighted by Gasteiger charge is 2.33. The first-order chi connectivity index (χ1) is 15.7. The number of aromatic amines is 1. The SMILES string of the molecule is O=C(Nc1cccnc1)C1CCCN1c1nc(Nc2cc(C3CC3)[nH]n2)n2cccc2n1. The fourth-order valence-electron chi connectivity index (χ4n) is 4.19. The van der Waals surface area contributed by atoms with Crippen molar-refractivity contribution in [2.45, 2.75) is 37.6 Å². The number of hydrogen-bond donors (Lipinski definition) is 3. The summed E-state index contributed by atoms with van der Waals surface area (Å²) in [6, 6.07) is 9.18. The number of anilines is 4. The van der Waals surface area contributed by atoms with E-state index in [0.717, 1.165) is 36.5 Å². The van der Waals surface area contributed by atoms with Crippen molar-refractivity contribution in [3.05, 3.63) is 54.6 Å². The number of carbonyl (C=O) groups excluding carboxylic acids is 1. The summed E-state index contributed by atoms with van der Waals surface area (Å²) < 4.78 is 1.88. The lowest BCUT2D eigenvalue weighted by Gasteiger charge is -2.24. The normalized spacial score (nSPS) is 18.2. The maximum absolute atomic E-state index is 13.0. The lowest BCUT2D eigenvalue weighted by atomic mass is 10.2. The van der Waals surface area contributed by atoms with Gasteiger partial charge in [0.2, 0.25) is 17.8 Å². The zero-order valence-corrected chi connectivity index (χ0v) is 17.4. The van der Waals surface area contributed by atoms with Gasteiger partial charge >= 0.3 is 0 Å². The molecule has 0 radical (unpaired) electrons. The van der Waals surface area contributed by atoms with E-state index >= 15 is 0 Å². The van der Waals surface area contributed by atoms with Crippen LogP contribution in [0.2, 0.25) is 0 Å². The molecule has 0 bridgehead atoms. The Balaban J connectivity index is 1.28. The van der Waals surface area contributed by atoms with Gasteiger partial charge in [-0.05, 0) is 49.9 Å². The van der Waals surface area contributed by atoms with Crippen molar-refractivity contribution in [2.24, 2.45) is 0 Å². The molecule has 5 heterocycles. The van der Waals surface area contributed by atoms with Gasteiger partial charge in [0.1, 0.15) is 11.7 Å². The zero-order chi connectivity index (χ0) is 21.5. The molecule has 1 unspecified atom stereocenters. The van der Waals surface area contributed by atoms with Crippen LogP contribution in [0.1, 0.15) is 37.3 Å². The third kappa shape index (κ3) is 3.53. The van der Waals surface area contributed by atoms with Crippen LogP contribution in [0, 0.1) is 0 Å². The van der Waals surface area contributed by atoms with Crippen LogP contribution >= 0.6 is 0 Å². The monoisotopic (exact) mass is 429 g/mol. The summed E-state index contributed by atoms with van der Waals surface area (Å²) in [5.41, 5.74) is 2.59. The van der Waals surface area contributed by atoms with Crippen LogP contribution in [0.3, 0.4) is 0 Å². The second kappa shape index (κ2) is 7.63. The van der Waals surface area contributed by atoms with E-state index < -0.39 is 0 Å². The number of pyridine rings is 1. The van der Waals surface area contributed by atoms with Gasteiger partial charge in [-0.25, -0.2) is 0 Å². The summed E-state index contributed by atoms with van der Waals surface area (Å²) in [5, 5.41) is 13.8. The lowest BCUT2D eigenvalue weighted by molar-refractivity contribution is -0.117. The van der Waals surface area contributed by atoms with E-state index in [-0.39, 0.29) is 11.9 Å². The second-order valence-electron chi connectivity index (χ2n) is 8.27. The van der Waals surface area contributed by atoms with Crippen LogP contribution in [0.25, 0.3) is 5.65 Å². The summed E-state index contributed by atoms with van der Waals surface area (Å²) >= 11 is 0. The minimum atomic E-state index is -0.340. The van der Waals surface area contributed by atoms with Gasteiger partial charge in [-0.2, -0.15) is 15.1 Å². The van der Waals surface area contributed by atoms with Crippen molar-refractivity contribution >= 4 is 35.0 Å². The summed E-state index contributed by atoms with van der Waals surface area (Å²) in [6.07, 6.45) is 9.29. The lowest BCUT2D eigenvalue weighted by Crippen LogP contribution is -2.40. The minimum Gasteiger partial charge on any atom is -0.329 e. The Morgan fingerprint density at radius 3 is 2.94 bits per heavy atom. The first-order valence-electron chi connectivity index (χ1n) is 10.9. The Labute approximate surface area is 184 Å². The van der Waals surface area contributed by atoms with Crippen molar-refractivity contribution in [3.8, 4) is 0 Å². The molecule has 162 valence electrons. The Kier molecular flexibility index (Phi) is 4.48. The molecule has 10 heteroatoms. The highest BCUT2D eigenvalue weighted by atomic mass is 16.2. The molecule has 2 fully saturated rings. The smallest absolute Gasteiger partial charge is 0.247 e. The number of nitrogens with one attached hydrogen (secondary N) is 3. The largest absolute Gasteiger partial charge is 0.329 e. The van der Waals surface area contributed by atoms with Crippen LogP contribution in [0.5, 0.6) is 0 Å². The van der Waals surface area contributed by atoms with Gasteiger partial charge in [-0.1, -0.05) is 0 Å². The molecule has 1 amide bonds. The van der Waals surface area contributed by atoms with Crippen molar-refractivity contribution in [3.63, 3.8) is 0 Å². The highest BCUT2D eigenvalue weighted by Crippen LogP contribution is 2.39. The molecule has 1 saturated heterocycles. The number of amides is 1. The molecule has 3 N–H and O–H groups in total. The van der Waals surface area contributed by atoms with Crippen LogP contribution in [-0.4, -0.2) is 48.0 Å². The predicted octanol–water partition coefficient (Wildman–Crippen LogP) is 3.08. The van der Waals surface area contributed by atoms with Gasteiger partial charge in [-0.3, -0.25) is 19.3 Å². The topological polar surface area (TPSA) is 116 Å². The quantitative estimate of drug-likeness (QED) is 0.431. The molecule has 2 aliphatic rings. The first-order valence-corrected chi connectivity index (χ1v) is 10.9. The molecular formula is C22H23N9O. The van der Waals surface area contributed by atoms with E-state index in [1.165, 1.54) is 12.8 Å². The zero-order valence-electron chi connectivity index (χ0n) is 17.4. The van der Waals surface area contributed by atoms with Crippen LogP contribution in [0.15, 0.2) is 48.9 Å². The molecule has 1 saturated carbocycles. The van der Waals surface area contributed by atoms with Gasteiger partial charge in [-0.15, -0.1) is 0 Å². The average Bonchev–Trinajstić information content (AvgIpc) is 3.20. The Morgan fingerprint density at radius 2 is 2.09 bits per heavy atom. The molecular weight excluding hydrogens is 406 g/mol. The number of carbonyl (C=O) groups is 1. The maximum atomic E-state index is 13.0. The highest BCUT2D eigenvalue weighted by molar-refractivity contribution is 5.96. The van der Waals surface area contributed by atoms with Crippen molar-refractivity contribution in [1.29, 1.82) is 0 Å². The number of hydrogen-bond acceptors (Lipinski definition) is 7. The molecule has 0 aromatic carbocycles. The summed E-state index contributed by atoms with van der Waals surface area (Å²) in [5.74, 6) is 2.38. The van der Waals surface area contributed by atoms with Gasteiger partial charge in [0.05, 0.1) is 11.9 Å². The molecule has 4 aromatic rings. The summed E-state index contributed by atoms with van der Waals surface area (Å²) in [7, 11) is 0. The number of rotatable bonds is 6. The van der Waals surface area contributed by atoms with E-state index in [2.05, 4.69) is 25.8 Å². The fraction of sp³-hybridized carbons (Fsp3) is 0.318. The first kappa shape index (κ1) is 18.8. The van der Waals surface area contributed by atoms with Gasteiger partial charge in [0, 0.05) is 36.6 Å². The minimum absolute atomic E-state index is 0.0785. The number of nitrogens with zero attached hydrogens (tertiary/aromatic N) is 6. The third-order valence-electron chi connectivity index (χ3n) is 5.97. The number of aromatic nitrogens is 6. The molecule has 1 aliphatic heterocycles. The predicted molar refractivity (Wildman–Crippen MR) is 120 cm³/mol. The number of fused-ring (bicyclic) bond motifs is 1. The molecule has 6 rings (SSSR count). The van der Waals surface area contributed by atoms with Crippen LogP contribution in [0.4, 0.5) is 23.4 Å². The van der Waals surface area contributed by atoms with E-state index in [1.54, 1.807) is 18.5 Å². The van der Waals surface area contributed by atoms with Crippen LogP contribution in [-0.2, 0) is 4.79 Å². The van der Waals surface area contributed by atoms with E-state index in [0.29, 0.717) is 23.5 Å². The Bertz CT molecular complexity index is 1260. The summed E-state index contributed by atoms with van der Waals surface area (Å²) in [6.45, 7) is 0.718. The van der Waals surface area contributed by atoms with Crippen molar-refractivity contribution in [1.82, 2.24) is 29.5 Å². The van der Waals surface area contributed by atoms with Gasteiger partial charge in [0.15, 0.2) is 5.82 Å². The summed E-state index contributed by atoms with van der Waals surface area (Å²) in [4.78, 5) is 28.5. The molecule has 1 atom stereocenters. The number of H-pyrrole nitrogens is 1.